The van der Waals surface area contributed by atoms with E-state index in [4.69, 9.17) is 23.2 Å². The molecule has 0 amide bonds. The van der Waals surface area contributed by atoms with E-state index in [0.29, 0.717) is 18.2 Å². The maximum absolute atomic E-state index is 12.0. The summed E-state index contributed by atoms with van der Waals surface area (Å²) in [6, 6.07) is 7.62. The molecular formula is C11H10Cl2O. The minimum atomic E-state index is -0.563. The van der Waals surface area contributed by atoms with Gasteiger partial charge < -0.3 is 0 Å². The Bertz CT molecular complexity index is 369. The van der Waals surface area contributed by atoms with E-state index < -0.39 is 5.41 Å². The zero-order valence-corrected chi connectivity index (χ0v) is 9.11. The molecule has 74 valence electrons. The molecular weight excluding hydrogens is 219 g/mol. The van der Waals surface area contributed by atoms with Crippen LogP contribution in [-0.2, 0) is 6.42 Å². The summed E-state index contributed by atoms with van der Waals surface area (Å²) in [5.74, 6) is 0.687. The minimum Gasteiger partial charge on any atom is -0.293 e. The highest BCUT2D eigenvalue weighted by Gasteiger charge is 2.43. The van der Waals surface area contributed by atoms with Crippen LogP contribution in [0.4, 0.5) is 0 Å². The number of Topliss-reactive ketones (excluding diaryl/α,β-unsaturated/α-hetero) is 1. The quantitative estimate of drug-likeness (QED) is 0.712. The van der Waals surface area contributed by atoms with Crippen LogP contribution in [0.3, 0.4) is 0 Å². The van der Waals surface area contributed by atoms with E-state index in [0.717, 1.165) is 11.1 Å². The lowest BCUT2D eigenvalue weighted by molar-refractivity contribution is 0.0871. The normalized spacial score (nSPS) is 18.3. The van der Waals surface area contributed by atoms with Crippen molar-refractivity contribution in [3.8, 4) is 0 Å². The third kappa shape index (κ3) is 1.27. The summed E-state index contributed by atoms with van der Waals surface area (Å²) in [5.41, 5.74) is 1.29. The Kier molecular flexibility index (Phi) is 2.54. The fourth-order valence-corrected chi connectivity index (χ4v) is 2.60. The second kappa shape index (κ2) is 3.56. The predicted molar refractivity (Wildman–Crippen MR) is 58.3 cm³/mol. The molecule has 0 saturated carbocycles. The summed E-state index contributed by atoms with van der Waals surface area (Å²) in [5, 5.41) is 0. The van der Waals surface area contributed by atoms with Gasteiger partial charge in [0, 0.05) is 17.3 Å². The Hall–Kier alpha value is -0.530. The van der Waals surface area contributed by atoms with Crippen LogP contribution in [-0.4, -0.2) is 17.5 Å². The molecule has 1 aliphatic rings. The first-order chi connectivity index (χ1) is 6.73. The molecule has 1 nitrogen and oxygen atoms in total. The molecule has 0 saturated heterocycles. The maximum Gasteiger partial charge on any atom is 0.172 e. The van der Waals surface area contributed by atoms with E-state index in [1.54, 1.807) is 0 Å². The minimum absolute atomic E-state index is 0.0955. The van der Waals surface area contributed by atoms with Gasteiger partial charge in [0.25, 0.3) is 0 Å². The van der Waals surface area contributed by atoms with Gasteiger partial charge in [-0.2, -0.15) is 0 Å². The molecule has 0 aliphatic heterocycles. The van der Waals surface area contributed by atoms with Crippen LogP contribution in [0, 0.1) is 5.41 Å². The molecule has 1 aromatic rings. The van der Waals surface area contributed by atoms with Crippen molar-refractivity contribution in [2.24, 2.45) is 5.41 Å². The van der Waals surface area contributed by atoms with Crippen LogP contribution in [0.5, 0.6) is 0 Å². The van der Waals surface area contributed by atoms with Gasteiger partial charge >= 0.3 is 0 Å². The van der Waals surface area contributed by atoms with Crippen LogP contribution in [0.15, 0.2) is 24.3 Å². The van der Waals surface area contributed by atoms with Crippen molar-refractivity contribution in [1.82, 2.24) is 0 Å². The fourth-order valence-electron chi connectivity index (χ4n) is 1.88. The largest absolute Gasteiger partial charge is 0.293 e. The summed E-state index contributed by atoms with van der Waals surface area (Å²) in [7, 11) is 0. The average Bonchev–Trinajstić information content (AvgIpc) is 2.53. The lowest BCUT2D eigenvalue weighted by atomic mass is 9.88. The van der Waals surface area contributed by atoms with Crippen molar-refractivity contribution in [3.63, 3.8) is 0 Å². The van der Waals surface area contributed by atoms with Crippen molar-refractivity contribution < 1.29 is 4.79 Å². The van der Waals surface area contributed by atoms with Gasteiger partial charge in [0.1, 0.15) is 0 Å². The van der Waals surface area contributed by atoms with Crippen LogP contribution in [0.25, 0.3) is 0 Å². The smallest absolute Gasteiger partial charge is 0.172 e. The Morgan fingerprint density at radius 2 is 1.86 bits per heavy atom. The number of alkyl halides is 2. The number of hydrogen-bond donors (Lipinski definition) is 0. The van der Waals surface area contributed by atoms with Gasteiger partial charge in [-0.25, -0.2) is 0 Å². The SMILES string of the molecule is O=C1c2ccccc2CC1(CCl)CCl. The second-order valence-corrected chi connectivity index (χ2v) is 4.25. The summed E-state index contributed by atoms with van der Waals surface area (Å²) in [4.78, 5) is 12.0. The first-order valence-corrected chi connectivity index (χ1v) is 5.55. The number of hydrogen-bond acceptors (Lipinski definition) is 1. The molecule has 2 rings (SSSR count). The van der Waals surface area contributed by atoms with Crippen molar-refractivity contribution in [2.45, 2.75) is 6.42 Å². The summed E-state index contributed by atoms with van der Waals surface area (Å²) < 4.78 is 0. The number of benzene rings is 1. The van der Waals surface area contributed by atoms with E-state index in [1.807, 2.05) is 24.3 Å². The molecule has 0 N–H and O–H groups in total. The molecule has 0 heterocycles. The van der Waals surface area contributed by atoms with Gasteiger partial charge in [0.15, 0.2) is 5.78 Å². The third-order valence-electron chi connectivity index (χ3n) is 2.78. The molecule has 0 aromatic heterocycles. The molecule has 0 unspecified atom stereocenters. The van der Waals surface area contributed by atoms with Crippen LogP contribution in [0.1, 0.15) is 15.9 Å². The number of ketones is 1. The zero-order chi connectivity index (χ0) is 10.2. The lowest BCUT2D eigenvalue weighted by Crippen LogP contribution is -2.32. The van der Waals surface area contributed by atoms with Gasteiger partial charge in [0.2, 0.25) is 0 Å². The Labute approximate surface area is 93.0 Å². The monoisotopic (exact) mass is 228 g/mol. The number of carbonyl (C=O) groups excluding carboxylic acids is 1. The Morgan fingerprint density at radius 3 is 2.43 bits per heavy atom. The highest BCUT2D eigenvalue weighted by Crippen LogP contribution is 2.38. The molecule has 0 bridgehead atoms. The Morgan fingerprint density at radius 1 is 1.21 bits per heavy atom. The van der Waals surface area contributed by atoms with Crippen molar-refractivity contribution in [1.29, 1.82) is 0 Å². The van der Waals surface area contributed by atoms with E-state index >= 15 is 0 Å². The van der Waals surface area contributed by atoms with E-state index in [1.165, 1.54) is 0 Å². The number of carbonyl (C=O) groups is 1. The maximum atomic E-state index is 12.0. The topological polar surface area (TPSA) is 17.1 Å². The molecule has 3 heteroatoms. The van der Waals surface area contributed by atoms with Crippen molar-refractivity contribution in [2.75, 3.05) is 11.8 Å². The predicted octanol–water partition coefficient (Wildman–Crippen LogP) is 2.89. The van der Waals surface area contributed by atoms with Crippen molar-refractivity contribution >= 4 is 29.0 Å². The van der Waals surface area contributed by atoms with Crippen LogP contribution in [0.2, 0.25) is 0 Å². The molecule has 1 aromatic carbocycles. The molecule has 1 aliphatic carbocycles. The summed E-state index contributed by atoms with van der Waals surface area (Å²) >= 11 is 11.7. The first-order valence-electron chi connectivity index (χ1n) is 4.48. The fraction of sp³-hybridized carbons (Fsp3) is 0.364. The van der Waals surface area contributed by atoms with Gasteiger partial charge in [-0.3, -0.25) is 4.79 Å². The van der Waals surface area contributed by atoms with Crippen LogP contribution < -0.4 is 0 Å². The van der Waals surface area contributed by atoms with Crippen molar-refractivity contribution in [3.05, 3.63) is 35.4 Å². The van der Waals surface area contributed by atoms with Gasteiger partial charge in [-0.1, -0.05) is 24.3 Å². The number of rotatable bonds is 2. The summed E-state index contributed by atoms with van der Waals surface area (Å²) in [6.45, 7) is 0. The van der Waals surface area contributed by atoms with Gasteiger partial charge in [-0.05, 0) is 12.0 Å². The number of fused-ring (bicyclic) bond motifs is 1. The number of halogens is 2. The molecule has 14 heavy (non-hydrogen) atoms. The van der Waals surface area contributed by atoms with E-state index in [2.05, 4.69) is 0 Å². The summed E-state index contributed by atoms with van der Waals surface area (Å²) in [6.07, 6.45) is 0.676. The molecule has 0 spiro atoms. The molecule has 0 atom stereocenters. The van der Waals surface area contributed by atoms with Gasteiger partial charge in [-0.15, -0.1) is 23.2 Å². The third-order valence-corrected chi connectivity index (χ3v) is 3.81. The van der Waals surface area contributed by atoms with Crippen LogP contribution >= 0.6 is 23.2 Å². The molecule has 0 radical (unpaired) electrons. The van der Waals surface area contributed by atoms with Gasteiger partial charge in [0.05, 0.1) is 5.41 Å². The standard InChI is InChI=1S/C11H10Cl2O/c12-6-11(7-13)5-8-3-1-2-4-9(8)10(11)14/h1-4H,5-7H2. The molecule has 0 fully saturated rings. The first kappa shape index (κ1) is 10.0. The Balaban J connectivity index is 2.47. The zero-order valence-electron chi connectivity index (χ0n) is 7.59. The van der Waals surface area contributed by atoms with E-state index in [9.17, 15) is 4.79 Å². The average molecular weight is 229 g/mol. The highest BCUT2D eigenvalue weighted by atomic mass is 35.5. The van der Waals surface area contributed by atoms with E-state index in [-0.39, 0.29) is 5.78 Å². The second-order valence-electron chi connectivity index (χ2n) is 3.71. The lowest BCUT2D eigenvalue weighted by Gasteiger charge is -2.20. The highest BCUT2D eigenvalue weighted by molar-refractivity contribution is 6.26.